The highest BCUT2D eigenvalue weighted by Gasteiger charge is 2.27. The van der Waals surface area contributed by atoms with Crippen LogP contribution in [0.4, 0.5) is 10.2 Å². The molecule has 168 valence electrons. The van der Waals surface area contributed by atoms with E-state index in [2.05, 4.69) is 20.6 Å². The molecule has 8 nitrogen and oxygen atoms in total. The summed E-state index contributed by atoms with van der Waals surface area (Å²) in [5.74, 6) is 0.392. The monoisotopic (exact) mass is 438 g/mol. The number of aromatic nitrogens is 4. The Bertz CT molecular complexity index is 1100. The zero-order chi connectivity index (χ0) is 22.7. The molecule has 0 aliphatic carbocycles. The maximum absolute atomic E-state index is 14.0. The highest BCUT2D eigenvalue weighted by atomic mass is 19.1. The molecule has 1 fully saturated rings. The third-order valence-electron chi connectivity index (χ3n) is 5.59. The number of nitrogens with one attached hydrogen (secondary N) is 2. The Kier molecular flexibility index (Phi) is 6.34. The first-order chi connectivity index (χ1) is 15.4. The molecular weight excluding hydrogens is 411 g/mol. The van der Waals surface area contributed by atoms with Crippen molar-refractivity contribution in [1.82, 2.24) is 24.9 Å². The van der Waals surface area contributed by atoms with Gasteiger partial charge in [0.25, 0.3) is 5.91 Å². The maximum Gasteiger partial charge on any atom is 0.271 e. The summed E-state index contributed by atoms with van der Waals surface area (Å²) >= 11 is 0. The van der Waals surface area contributed by atoms with Gasteiger partial charge in [0, 0.05) is 31.1 Å². The smallest absolute Gasteiger partial charge is 0.271 e. The van der Waals surface area contributed by atoms with Crippen molar-refractivity contribution >= 4 is 17.6 Å². The molecule has 9 heteroatoms. The third kappa shape index (κ3) is 4.71. The molecule has 2 amide bonds. The van der Waals surface area contributed by atoms with Gasteiger partial charge < -0.3 is 10.2 Å². The number of anilines is 1. The van der Waals surface area contributed by atoms with Gasteiger partial charge in [0.1, 0.15) is 17.3 Å². The highest BCUT2D eigenvalue weighted by molar-refractivity contribution is 5.93. The fourth-order valence-electron chi connectivity index (χ4n) is 3.99. The van der Waals surface area contributed by atoms with E-state index in [1.54, 1.807) is 41.4 Å². The molecule has 4 rings (SSSR count). The number of halogens is 1. The molecule has 0 unspecified atom stereocenters. The zero-order valence-electron chi connectivity index (χ0n) is 18.2. The highest BCUT2D eigenvalue weighted by Crippen LogP contribution is 2.27. The second kappa shape index (κ2) is 9.33. The standard InChI is InChI=1S/C23H27FN6O2/c1-15(2)13-22(31)26-21-7-10-25-30(21)16-8-11-29(12-9-16)23(32)20-14-19(27-28-20)17-5-3-4-6-18(17)24/h3-7,10,14-16H,8-9,11-13H2,1-2H3,(H,26,31)(H,27,28). The lowest BCUT2D eigenvalue weighted by molar-refractivity contribution is -0.116. The van der Waals surface area contributed by atoms with Gasteiger partial charge in [-0.25, -0.2) is 9.07 Å². The summed E-state index contributed by atoms with van der Waals surface area (Å²) in [5.41, 5.74) is 1.09. The summed E-state index contributed by atoms with van der Waals surface area (Å²) < 4.78 is 15.8. The number of aromatic amines is 1. The largest absolute Gasteiger partial charge is 0.337 e. The normalized spacial score (nSPS) is 14.7. The molecule has 1 aliphatic heterocycles. The number of carbonyl (C=O) groups is 2. The summed E-state index contributed by atoms with van der Waals surface area (Å²) in [6.45, 7) is 5.11. The van der Waals surface area contributed by atoms with Gasteiger partial charge in [0.05, 0.1) is 17.9 Å². The molecule has 1 aliphatic rings. The average molecular weight is 439 g/mol. The molecule has 32 heavy (non-hydrogen) atoms. The summed E-state index contributed by atoms with van der Waals surface area (Å²) in [6, 6.07) is 9.82. The third-order valence-corrected chi connectivity index (χ3v) is 5.59. The van der Waals surface area contributed by atoms with Gasteiger partial charge in [-0.05, 0) is 37.0 Å². The van der Waals surface area contributed by atoms with Crippen LogP contribution in [0.5, 0.6) is 0 Å². The molecule has 2 N–H and O–H groups in total. The van der Waals surface area contributed by atoms with Gasteiger partial charge in [-0.2, -0.15) is 10.2 Å². The first kappa shape index (κ1) is 21.7. The minimum absolute atomic E-state index is 0.0285. The molecule has 2 aromatic heterocycles. The van der Waals surface area contributed by atoms with Gasteiger partial charge >= 0.3 is 0 Å². The van der Waals surface area contributed by atoms with E-state index < -0.39 is 0 Å². The Morgan fingerprint density at radius 1 is 1.22 bits per heavy atom. The molecule has 3 heterocycles. The fraction of sp³-hybridized carbons (Fsp3) is 0.391. The number of hydrogen-bond donors (Lipinski definition) is 2. The summed E-state index contributed by atoms with van der Waals surface area (Å²) in [7, 11) is 0. The van der Waals surface area contributed by atoms with Crippen LogP contribution < -0.4 is 5.32 Å². The van der Waals surface area contributed by atoms with E-state index in [0.29, 0.717) is 42.3 Å². The molecule has 0 saturated carbocycles. The first-order valence-corrected chi connectivity index (χ1v) is 10.9. The lowest BCUT2D eigenvalue weighted by Crippen LogP contribution is -2.39. The van der Waals surface area contributed by atoms with Crippen molar-refractivity contribution in [2.75, 3.05) is 18.4 Å². The number of rotatable bonds is 6. The van der Waals surface area contributed by atoms with Crippen LogP contribution in [-0.4, -0.2) is 49.8 Å². The summed E-state index contributed by atoms with van der Waals surface area (Å²) in [5, 5.41) is 14.2. The number of benzene rings is 1. The Morgan fingerprint density at radius 2 is 1.97 bits per heavy atom. The van der Waals surface area contributed by atoms with Crippen LogP contribution in [0.25, 0.3) is 11.3 Å². The van der Waals surface area contributed by atoms with Gasteiger partial charge in [-0.15, -0.1) is 0 Å². The van der Waals surface area contributed by atoms with Crippen molar-refractivity contribution < 1.29 is 14.0 Å². The zero-order valence-corrected chi connectivity index (χ0v) is 18.2. The first-order valence-electron chi connectivity index (χ1n) is 10.9. The lowest BCUT2D eigenvalue weighted by atomic mass is 10.0. The molecule has 0 spiro atoms. The molecule has 3 aromatic rings. The number of H-pyrrole nitrogens is 1. The Morgan fingerprint density at radius 3 is 2.69 bits per heavy atom. The predicted octanol–water partition coefficient (Wildman–Crippen LogP) is 3.87. The van der Waals surface area contributed by atoms with Crippen LogP contribution in [0.15, 0.2) is 42.6 Å². The van der Waals surface area contributed by atoms with Crippen LogP contribution in [-0.2, 0) is 4.79 Å². The van der Waals surface area contributed by atoms with Gasteiger partial charge in [0.15, 0.2) is 0 Å². The van der Waals surface area contributed by atoms with E-state index in [9.17, 15) is 14.0 Å². The van der Waals surface area contributed by atoms with E-state index >= 15 is 0 Å². The number of nitrogens with zero attached hydrogens (tertiary/aromatic N) is 4. The quantitative estimate of drug-likeness (QED) is 0.611. The average Bonchev–Trinajstić information content (AvgIpc) is 3.43. The van der Waals surface area contributed by atoms with Crippen molar-refractivity contribution in [1.29, 1.82) is 0 Å². The summed E-state index contributed by atoms with van der Waals surface area (Å²) in [4.78, 5) is 26.8. The van der Waals surface area contributed by atoms with Crippen molar-refractivity contribution in [2.45, 2.75) is 39.2 Å². The number of amides is 2. The molecule has 0 bridgehead atoms. The van der Waals surface area contributed by atoms with Crippen LogP contribution >= 0.6 is 0 Å². The Balaban J connectivity index is 1.38. The number of likely N-dealkylation sites (tertiary alicyclic amines) is 1. The van der Waals surface area contributed by atoms with E-state index in [1.165, 1.54) is 6.07 Å². The topological polar surface area (TPSA) is 95.9 Å². The molecule has 1 aromatic carbocycles. The maximum atomic E-state index is 14.0. The van der Waals surface area contributed by atoms with E-state index in [4.69, 9.17) is 0 Å². The van der Waals surface area contributed by atoms with E-state index in [1.807, 2.05) is 18.5 Å². The molecular formula is C23H27FN6O2. The Labute approximate surface area is 185 Å². The minimum Gasteiger partial charge on any atom is -0.337 e. The Hall–Kier alpha value is -3.49. The van der Waals surface area contributed by atoms with Crippen LogP contribution in [0.3, 0.4) is 0 Å². The summed E-state index contributed by atoms with van der Waals surface area (Å²) in [6.07, 6.45) is 3.57. The number of carbonyl (C=O) groups excluding carboxylic acids is 2. The van der Waals surface area contributed by atoms with E-state index in [0.717, 1.165) is 12.8 Å². The van der Waals surface area contributed by atoms with Crippen LogP contribution in [0.2, 0.25) is 0 Å². The second-order valence-corrected chi connectivity index (χ2v) is 8.48. The lowest BCUT2D eigenvalue weighted by Gasteiger charge is -2.32. The van der Waals surface area contributed by atoms with Gasteiger partial charge in [-0.1, -0.05) is 26.0 Å². The minimum atomic E-state index is -0.380. The van der Waals surface area contributed by atoms with Crippen molar-refractivity contribution in [2.24, 2.45) is 5.92 Å². The number of hydrogen-bond acceptors (Lipinski definition) is 4. The van der Waals surface area contributed by atoms with Gasteiger partial charge in [0.2, 0.25) is 5.91 Å². The van der Waals surface area contributed by atoms with Gasteiger partial charge in [-0.3, -0.25) is 14.7 Å². The van der Waals surface area contributed by atoms with Crippen molar-refractivity contribution in [3.63, 3.8) is 0 Å². The molecule has 1 saturated heterocycles. The van der Waals surface area contributed by atoms with Crippen LogP contribution in [0.1, 0.15) is 49.6 Å². The predicted molar refractivity (Wildman–Crippen MR) is 118 cm³/mol. The number of piperidine rings is 1. The molecule has 0 atom stereocenters. The van der Waals surface area contributed by atoms with Crippen molar-refractivity contribution in [3.8, 4) is 11.3 Å². The van der Waals surface area contributed by atoms with Crippen LogP contribution in [0, 0.1) is 11.7 Å². The van der Waals surface area contributed by atoms with Crippen molar-refractivity contribution in [3.05, 3.63) is 54.1 Å². The second-order valence-electron chi connectivity index (χ2n) is 8.48. The SMILES string of the molecule is CC(C)CC(=O)Nc1ccnn1C1CCN(C(=O)c2cc(-c3ccccc3F)n[nH]2)CC1. The fourth-order valence-corrected chi connectivity index (χ4v) is 3.99. The van der Waals surface area contributed by atoms with E-state index in [-0.39, 0.29) is 29.6 Å². The molecule has 0 radical (unpaired) electrons.